The van der Waals surface area contributed by atoms with E-state index in [0.29, 0.717) is 34.0 Å². The van der Waals surface area contributed by atoms with E-state index in [-0.39, 0.29) is 12.3 Å². The van der Waals surface area contributed by atoms with E-state index in [1.54, 1.807) is 25.3 Å². The Morgan fingerprint density at radius 2 is 2.11 bits per heavy atom. The summed E-state index contributed by atoms with van der Waals surface area (Å²) >= 11 is 0. The van der Waals surface area contributed by atoms with Gasteiger partial charge in [0.05, 0.1) is 18.2 Å². The van der Waals surface area contributed by atoms with E-state index in [0.717, 1.165) is 5.56 Å². The molecule has 0 unspecified atom stereocenters. The van der Waals surface area contributed by atoms with Crippen LogP contribution in [0.1, 0.15) is 16.2 Å². The van der Waals surface area contributed by atoms with Gasteiger partial charge in [-0.15, -0.1) is 0 Å². The number of benzene rings is 2. The minimum Gasteiger partial charge on any atom is -0.496 e. The highest BCUT2D eigenvalue weighted by atomic mass is 16.5. The number of carboxylic acid groups (broad SMARTS) is 1. The van der Waals surface area contributed by atoms with Gasteiger partial charge in [0.25, 0.3) is 0 Å². The van der Waals surface area contributed by atoms with Crippen molar-refractivity contribution in [3.8, 4) is 23.0 Å². The van der Waals surface area contributed by atoms with E-state index in [1.165, 1.54) is 6.26 Å². The molecule has 8 heteroatoms. The third-order valence-electron chi connectivity index (χ3n) is 4.01. The quantitative estimate of drug-likeness (QED) is 0.538. The summed E-state index contributed by atoms with van der Waals surface area (Å²) in [7, 11) is 1.59. The number of hydrogen-bond donors (Lipinski definition) is 2. The Balaban J connectivity index is 1.53. The maximum absolute atomic E-state index is 11.2. The third-order valence-corrected chi connectivity index (χ3v) is 4.01. The van der Waals surface area contributed by atoms with E-state index in [4.69, 9.17) is 19.0 Å². The van der Waals surface area contributed by atoms with Crippen molar-refractivity contribution in [2.75, 3.05) is 7.11 Å². The summed E-state index contributed by atoms with van der Waals surface area (Å²) in [5.41, 5.74) is 1.92. The highest BCUT2D eigenvalue weighted by molar-refractivity contribution is 6.01. The van der Waals surface area contributed by atoms with Crippen molar-refractivity contribution in [2.45, 2.75) is 6.61 Å². The fraction of sp³-hybridized carbons (Fsp3) is 0.105. The predicted molar refractivity (Wildman–Crippen MR) is 95.9 cm³/mol. The van der Waals surface area contributed by atoms with Gasteiger partial charge in [-0.05, 0) is 30.3 Å². The largest absolute Gasteiger partial charge is 0.496 e. The SMILES string of the molecule is COc1ccccc1-c1nc(COc2ccc3[nH]nc(C(=O)O)c3c2)co1. The molecule has 0 fully saturated rings. The predicted octanol–water partition coefficient (Wildman–Crippen LogP) is 3.50. The molecule has 4 aromatic rings. The van der Waals surface area contributed by atoms with Crippen molar-refractivity contribution >= 4 is 16.9 Å². The van der Waals surface area contributed by atoms with Crippen LogP contribution in [0.25, 0.3) is 22.4 Å². The van der Waals surface area contributed by atoms with Crippen molar-refractivity contribution < 1.29 is 23.8 Å². The zero-order valence-corrected chi connectivity index (χ0v) is 14.3. The number of para-hydroxylation sites is 1. The number of H-pyrrole nitrogens is 1. The van der Waals surface area contributed by atoms with Gasteiger partial charge in [-0.1, -0.05) is 12.1 Å². The lowest BCUT2D eigenvalue weighted by Gasteiger charge is -2.04. The molecule has 2 N–H and O–H groups in total. The Bertz CT molecular complexity index is 1120. The van der Waals surface area contributed by atoms with E-state index in [1.807, 2.05) is 24.3 Å². The number of ether oxygens (including phenoxy) is 2. The number of carboxylic acids is 1. The van der Waals surface area contributed by atoms with Crippen LogP contribution in [0, 0.1) is 0 Å². The second kappa shape index (κ2) is 6.83. The number of aromatic amines is 1. The third kappa shape index (κ3) is 3.20. The van der Waals surface area contributed by atoms with Crippen molar-refractivity contribution in [1.29, 1.82) is 0 Å². The van der Waals surface area contributed by atoms with Gasteiger partial charge in [0.2, 0.25) is 5.89 Å². The second-order valence-electron chi connectivity index (χ2n) is 5.72. The summed E-state index contributed by atoms with van der Waals surface area (Å²) in [4.78, 5) is 15.6. The van der Waals surface area contributed by atoms with Crippen LogP contribution in [0.5, 0.6) is 11.5 Å². The van der Waals surface area contributed by atoms with E-state index in [2.05, 4.69) is 15.2 Å². The molecule has 0 aliphatic rings. The summed E-state index contributed by atoms with van der Waals surface area (Å²) in [6, 6.07) is 12.5. The summed E-state index contributed by atoms with van der Waals surface area (Å²) < 4.78 is 16.6. The Morgan fingerprint density at radius 3 is 2.93 bits per heavy atom. The highest BCUT2D eigenvalue weighted by Gasteiger charge is 2.14. The minimum atomic E-state index is -1.10. The minimum absolute atomic E-state index is 0.0460. The molecule has 0 spiro atoms. The molecular formula is C19H15N3O5. The summed E-state index contributed by atoms with van der Waals surface area (Å²) in [6.45, 7) is 0.171. The van der Waals surface area contributed by atoms with Crippen molar-refractivity contribution in [3.05, 3.63) is 60.1 Å². The fourth-order valence-corrected chi connectivity index (χ4v) is 2.72. The standard InChI is InChI=1S/C19H15N3O5/c1-25-16-5-3-2-4-13(16)18-20-11(10-27-18)9-26-12-6-7-15-14(8-12)17(19(23)24)22-21-15/h2-8,10H,9H2,1H3,(H,21,22)(H,23,24). The average Bonchev–Trinajstić information content (AvgIpc) is 3.33. The van der Waals surface area contributed by atoms with Gasteiger partial charge >= 0.3 is 5.97 Å². The number of aromatic carboxylic acids is 1. The number of fused-ring (bicyclic) bond motifs is 1. The van der Waals surface area contributed by atoms with Crippen LogP contribution in [0.15, 0.2) is 53.1 Å². The first kappa shape index (κ1) is 16.6. The normalized spacial score (nSPS) is 10.9. The Labute approximate surface area is 153 Å². The molecule has 2 aromatic carbocycles. The first-order chi connectivity index (χ1) is 13.2. The Hall–Kier alpha value is -3.81. The molecule has 0 radical (unpaired) electrons. The van der Waals surface area contributed by atoms with Crippen LogP contribution >= 0.6 is 0 Å². The van der Waals surface area contributed by atoms with Gasteiger partial charge in [0, 0.05) is 5.39 Å². The molecule has 136 valence electrons. The van der Waals surface area contributed by atoms with Gasteiger partial charge in [-0.3, -0.25) is 5.10 Å². The lowest BCUT2D eigenvalue weighted by atomic mass is 10.2. The number of aromatic nitrogens is 3. The topological polar surface area (TPSA) is 110 Å². The highest BCUT2D eigenvalue weighted by Crippen LogP contribution is 2.29. The fourth-order valence-electron chi connectivity index (χ4n) is 2.72. The molecule has 4 rings (SSSR count). The van der Waals surface area contributed by atoms with Crippen LogP contribution in [0.2, 0.25) is 0 Å². The number of rotatable bonds is 6. The van der Waals surface area contributed by atoms with Crippen LogP contribution in [-0.4, -0.2) is 33.4 Å². The van der Waals surface area contributed by atoms with Gasteiger partial charge in [0.1, 0.15) is 30.1 Å². The molecule has 0 aliphatic heterocycles. The van der Waals surface area contributed by atoms with Gasteiger partial charge in [-0.25, -0.2) is 9.78 Å². The monoisotopic (exact) mass is 365 g/mol. The molecule has 2 aromatic heterocycles. The van der Waals surface area contributed by atoms with Crippen LogP contribution in [-0.2, 0) is 6.61 Å². The molecule has 27 heavy (non-hydrogen) atoms. The number of carbonyl (C=O) groups is 1. The molecule has 0 bridgehead atoms. The number of hydrogen-bond acceptors (Lipinski definition) is 6. The molecule has 0 saturated heterocycles. The molecule has 0 amide bonds. The van der Waals surface area contributed by atoms with E-state index < -0.39 is 5.97 Å². The Morgan fingerprint density at radius 1 is 1.26 bits per heavy atom. The van der Waals surface area contributed by atoms with Gasteiger partial charge in [-0.2, -0.15) is 5.10 Å². The molecule has 2 heterocycles. The van der Waals surface area contributed by atoms with E-state index in [9.17, 15) is 4.79 Å². The van der Waals surface area contributed by atoms with Gasteiger partial charge < -0.3 is 19.0 Å². The maximum Gasteiger partial charge on any atom is 0.357 e. The van der Waals surface area contributed by atoms with Gasteiger partial charge in [0.15, 0.2) is 5.69 Å². The average molecular weight is 365 g/mol. The summed E-state index contributed by atoms with van der Waals surface area (Å²) in [6.07, 6.45) is 1.51. The van der Waals surface area contributed by atoms with Crippen LogP contribution < -0.4 is 9.47 Å². The lowest BCUT2D eigenvalue weighted by molar-refractivity contribution is 0.0692. The smallest absolute Gasteiger partial charge is 0.357 e. The number of methoxy groups -OCH3 is 1. The summed E-state index contributed by atoms with van der Waals surface area (Å²) in [5.74, 6) is 0.507. The maximum atomic E-state index is 11.2. The zero-order valence-electron chi connectivity index (χ0n) is 14.3. The first-order valence-electron chi connectivity index (χ1n) is 8.07. The van der Waals surface area contributed by atoms with Crippen LogP contribution in [0.4, 0.5) is 0 Å². The molecule has 0 atom stereocenters. The number of nitrogens with one attached hydrogen (secondary N) is 1. The first-order valence-corrected chi connectivity index (χ1v) is 8.07. The molecule has 0 aliphatic carbocycles. The Kier molecular flexibility index (Phi) is 4.21. The zero-order chi connectivity index (χ0) is 18.8. The molecular weight excluding hydrogens is 350 g/mol. The van der Waals surface area contributed by atoms with Crippen LogP contribution in [0.3, 0.4) is 0 Å². The number of nitrogens with zero attached hydrogens (tertiary/aromatic N) is 2. The van der Waals surface area contributed by atoms with E-state index >= 15 is 0 Å². The lowest BCUT2D eigenvalue weighted by Crippen LogP contribution is -1.98. The molecule has 0 saturated carbocycles. The molecule has 8 nitrogen and oxygen atoms in total. The van der Waals surface area contributed by atoms with Crippen molar-refractivity contribution in [1.82, 2.24) is 15.2 Å². The number of oxazole rings is 1. The summed E-state index contributed by atoms with van der Waals surface area (Å²) in [5, 5.41) is 16.1. The van der Waals surface area contributed by atoms with Crippen molar-refractivity contribution in [3.63, 3.8) is 0 Å². The van der Waals surface area contributed by atoms with Crippen molar-refractivity contribution in [2.24, 2.45) is 0 Å². The second-order valence-corrected chi connectivity index (χ2v) is 5.72.